The number of hydrogen-bond donors (Lipinski definition) is 1. The molecule has 0 atom stereocenters. The van der Waals surface area contributed by atoms with Gasteiger partial charge in [-0.3, -0.25) is 4.31 Å². The van der Waals surface area contributed by atoms with Crippen LogP contribution in [0.4, 0.5) is 4.79 Å². The largest absolute Gasteiger partial charge is 0.337 e. The van der Waals surface area contributed by atoms with Gasteiger partial charge in [0.15, 0.2) is 0 Å². The van der Waals surface area contributed by atoms with E-state index in [2.05, 4.69) is 25.7 Å². The van der Waals surface area contributed by atoms with Gasteiger partial charge in [-0.15, -0.1) is 6.58 Å². The summed E-state index contributed by atoms with van der Waals surface area (Å²) >= 11 is 1.55. The van der Waals surface area contributed by atoms with Crippen molar-refractivity contribution in [1.82, 2.24) is 9.62 Å². The first-order valence-electron chi connectivity index (χ1n) is 7.05. The molecule has 4 heteroatoms. The molecule has 106 valence electrons. The second kappa shape index (κ2) is 12.8. The third kappa shape index (κ3) is 9.40. The maximum absolute atomic E-state index is 12.0. The normalized spacial score (nSPS) is 10.1. The van der Waals surface area contributed by atoms with E-state index in [1.165, 1.54) is 25.7 Å². The molecular weight excluding hydrogens is 244 g/mol. The maximum Gasteiger partial charge on any atom is 0.327 e. The molecule has 18 heavy (non-hydrogen) atoms. The number of hydrogen-bond acceptors (Lipinski definition) is 2. The van der Waals surface area contributed by atoms with E-state index < -0.39 is 0 Å². The third-order valence-corrected chi connectivity index (χ3v) is 3.64. The molecule has 2 amide bonds. The van der Waals surface area contributed by atoms with E-state index in [0.29, 0.717) is 0 Å². The molecule has 0 unspecified atom stereocenters. The highest BCUT2D eigenvalue weighted by Crippen LogP contribution is 2.12. The predicted molar refractivity (Wildman–Crippen MR) is 81.8 cm³/mol. The van der Waals surface area contributed by atoms with E-state index in [1.807, 2.05) is 10.4 Å². The van der Waals surface area contributed by atoms with Crippen LogP contribution in [0.15, 0.2) is 12.7 Å². The van der Waals surface area contributed by atoms with E-state index in [1.54, 1.807) is 11.9 Å². The molecular formula is C14H28N2OS. The summed E-state index contributed by atoms with van der Waals surface area (Å²) in [5.41, 5.74) is 0. The molecule has 0 spiro atoms. The number of urea groups is 1. The first-order valence-corrected chi connectivity index (χ1v) is 7.99. The van der Waals surface area contributed by atoms with Crippen molar-refractivity contribution in [3.63, 3.8) is 0 Å². The highest BCUT2D eigenvalue weighted by atomic mass is 32.2. The zero-order valence-corrected chi connectivity index (χ0v) is 12.7. The van der Waals surface area contributed by atoms with E-state index in [4.69, 9.17) is 0 Å². The van der Waals surface area contributed by atoms with Crippen molar-refractivity contribution in [1.29, 1.82) is 0 Å². The minimum atomic E-state index is 0.0501. The highest BCUT2D eigenvalue weighted by Gasteiger charge is 2.12. The molecule has 0 rings (SSSR count). The van der Waals surface area contributed by atoms with Crippen molar-refractivity contribution in [2.75, 3.05) is 18.8 Å². The van der Waals surface area contributed by atoms with Crippen molar-refractivity contribution in [3.05, 3.63) is 12.7 Å². The highest BCUT2D eigenvalue weighted by molar-refractivity contribution is 7.97. The van der Waals surface area contributed by atoms with Crippen molar-refractivity contribution in [2.24, 2.45) is 0 Å². The van der Waals surface area contributed by atoms with Gasteiger partial charge < -0.3 is 5.32 Å². The molecule has 0 radical (unpaired) electrons. The predicted octanol–water partition coefficient (Wildman–Crippen LogP) is 4.21. The monoisotopic (exact) mass is 272 g/mol. The fourth-order valence-corrected chi connectivity index (χ4v) is 2.26. The first-order chi connectivity index (χ1) is 8.76. The van der Waals surface area contributed by atoms with Crippen molar-refractivity contribution in [2.45, 2.75) is 52.4 Å². The lowest BCUT2D eigenvalue weighted by molar-refractivity contribution is 0.225. The number of rotatable bonds is 11. The summed E-state index contributed by atoms with van der Waals surface area (Å²) in [6.45, 7) is 9.64. The summed E-state index contributed by atoms with van der Waals surface area (Å²) in [5, 5.41) is 2.99. The lowest BCUT2D eigenvalue weighted by Gasteiger charge is -2.21. The molecule has 0 aromatic rings. The Hall–Kier alpha value is -0.640. The number of nitrogens with zero attached hydrogens (tertiary/aromatic N) is 1. The summed E-state index contributed by atoms with van der Waals surface area (Å²) in [6.07, 6.45) is 8.69. The number of carbonyl (C=O) groups excluding carboxylic acids is 1. The van der Waals surface area contributed by atoms with Crippen LogP contribution >= 0.6 is 11.9 Å². The molecule has 0 aromatic heterocycles. The van der Waals surface area contributed by atoms with Crippen LogP contribution in [0.3, 0.4) is 0 Å². The van der Waals surface area contributed by atoms with E-state index in [-0.39, 0.29) is 6.03 Å². The standard InChI is InChI=1S/C14H28N2OS/c1-4-7-9-11-15-14(17)16(18-13-6-3)12-10-8-5-2/h6H,3-5,7-13H2,1-2H3,(H,15,17). The van der Waals surface area contributed by atoms with E-state index in [0.717, 1.165) is 31.7 Å². The summed E-state index contributed by atoms with van der Waals surface area (Å²) in [5.74, 6) is 0.786. The van der Waals surface area contributed by atoms with Crippen LogP contribution in [-0.2, 0) is 0 Å². The van der Waals surface area contributed by atoms with Crippen LogP contribution in [0, 0.1) is 0 Å². The Kier molecular flexibility index (Phi) is 12.4. The second-order valence-corrected chi connectivity index (χ2v) is 5.36. The zero-order chi connectivity index (χ0) is 13.6. The van der Waals surface area contributed by atoms with Gasteiger partial charge in [-0.2, -0.15) is 0 Å². The van der Waals surface area contributed by atoms with Gasteiger partial charge in [0.2, 0.25) is 0 Å². The van der Waals surface area contributed by atoms with Gasteiger partial charge in [-0.1, -0.05) is 45.6 Å². The molecule has 0 aliphatic carbocycles. The van der Waals surface area contributed by atoms with Gasteiger partial charge in [0.25, 0.3) is 0 Å². The van der Waals surface area contributed by atoms with E-state index in [9.17, 15) is 4.79 Å². The molecule has 0 saturated carbocycles. The van der Waals surface area contributed by atoms with Gasteiger partial charge in [0, 0.05) is 18.8 Å². The number of nitrogens with one attached hydrogen (secondary N) is 1. The summed E-state index contributed by atoms with van der Waals surface area (Å²) in [6, 6.07) is 0.0501. The molecule has 0 heterocycles. The molecule has 0 saturated heterocycles. The third-order valence-electron chi connectivity index (χ3n) is 2.60. The smallest absolute Gasteiger partial charge is 0.327 e. The summed E-state index contributed by atoms with van der Waals surface area (Å²) in [7, 11) is 0. The van der Waals surface area contributed by atoms with Crippen LogP contribution in [0.1, 0.15) is 52.4 Å². The second-order valence-electron chi connectivity index (χ2n) is 4.33. The Labute approximate surface area is 117 Å². The van der Waals surface area contributed by atoms with Crippen LogP contribution in [0.5, 0.6) is 0 Å². The SMILES string of the molecule is C=CCSN(CCCCC)C(=O)NCCCCC. The van der Waals surface area contributed by atoms with Crippen LogP contribution < -0.4 is 5.32 Å². The van der Waals surface area contributed by atoms with Crippen LogP contribution in [0.2, 0.25) is 0 Å². The fourth-order valence-electron chi connectivity index (χ4n) is 1.53. The van der Waals surface area contributed by atoms with Gasteiger partial charge in [0.05, 0.1) is 0 Å². The Morgan fingerprint density at radius 3 is 2.50 bits per heavy atom. The quantitative estimate of drug-likeness (QED) is 0.347. The van der Waals surface area contributed by atoms with Crippen LogP contribution in [0.25, 0.3) is 0 Å². The van der Waals surface area contributed by atoms with Crippen molar-refractivity contribution in [3.8, 4) is 0 Å². The molecule has 0 bridgehead atoms. The minimum absolute atomic E-state index is 0.0501. The zero-order valence-electron chi connectivity index (χ0n) is 11.9. The molecule has 1 N–H and O–H groups in total. The topological polar surface area (TPSA) is 32.3 Å². The molecule has 0 fully saturated rings. The Morgan fingerprint density at radius 1 is 1.22 bits per heavy atom. The number of unbranched alkanes of at least 4 members (excludes halogenated alkanes) is 4. The van der Waals surface area contributed by atoms with Crippen molar-refractivity contribution < 1.29 is 4.79 Å². The van der Waals surface area contributed by atoms with Gasteiger partial charge in [-0.05, 0) is 24.8 Å². The summed E-state index contributed by atoms with van der Waals surface area (Å²) in [4.78, 5) is 12.0. The average molecular weight is 272 g/mol. The van der Waals surface area contributed by atoms with E-state index >= 15 is 0 Å². The molecule has 0 aliphatic heterocycles. The van der Waals surface area contributed by atoms with Gasteiger partial charge in [0.1, 0.15) is 0 Å². The Balaban J connectivity index is 3.92. The number of carbonyl (C=O) groups is 1. The fraction of sp³-hybridized carbons (Fsp3) is 0.786. The summed E-state index contributed by atoms with van der Waals surface area (Å²) < 4.78 is 1.84. The first kappa shape index (κ1) is 17.4. The molecule has 0 aliphatic rings. The minimum Gasteiger partial charge on any atom is -0.337 e. The lowest BCUT2D eigenvalue weighted by atomic mass is 10.2. The lowest BCUT2D eigenvalue weighted by Crippen LogP contribution is -2.36. The Bertz CT molecular complexity index is 222. The van der Waals surface area contributed by atoms with Gasteiger partial charge in [-0.25, -0.2) is 4.79 Å². The van der Waals surface area contributed by atoms with Gasteiger partial charge >= 0.3 is 6.03 Å². The number of amides is 2. The van der Waals surface area contributed by atoms with Crippen molar-refractivity contribution >= 4 is 18.0 Å². The Morgan fingerprint density at radius 2 is 1.89 bits per heavy atom. The molecule has 0 aromatic carbocycles. The average Bonchev–Trinajstić information content (AvgIpc) is 2.38. The van der Waals surface area contributed by atoms with Crippen LogP contribution in [-0.4, -0.2) is 29.2 Å². The maximum atomic E-state index is 12.0. The molecule has 3 nitrogen and oxygen atoms in total.